The zero-order valence-electron chi connectivity index (χ0n) is 23.0. The molecule has 0 saturated carbocycles. The van der Waals surface area contributed by atoms with E-state index in [1.54, 1.807) is 40.9 Å². The standard InChI is InChI=1S/C29H24F3N7O4/c1-41-22-10-17(11-23(42-2)25(22)43-3)24-27(39-26(38-24)18(12-33)14-36-39)37-19-6-4-16(5-7-19)13-35-28(40)20-15-34-9-8-21(20)29(30,31)32/h4-11,14-15,36-37H,13H2,1-3H3,(H,35,40). The van der Waals surface area contributed by atoms with Crippen LogP contribution >= 0.6 is 0 Å². The summed E-state index contributed by atoms with van der Waals surface area (Å²) < 4.78 is 57.9. The quantitative estimate of drug-likeness (QED) is 0.210. The lowest BCUT2D eigenvalue weighted by Crippen LogP contribution is -2.26. The molecule has 5 rings (SSSR count). The topological polar surface area (TPSA) is 139 Å². The van der Waals surface area contributed by atoms with E-state index in [4.69, 9.17) is 19.2 Å². The van der Waals surface area contributed by atoms with E-state index in [0.717, 1.165) is 18.5 Å². The summed E-state index contributed by atoms with van der Waals surface area (Å²) in [6, 6.07) is 13.2. The Balaban J connectivity index is 1.42. The van der Waals surface area contributed by atoms with E-state index in [-0.39, 0.29) is 6.54 Å². The Morgan fingerprint density at radius 2 is 1.77 bits per heavy atom. The lowest BCUT2D eigenvalue weighted by molar-refractivity contribution is -0.138. The van der Waals surface area contributed by atoms with Crippen LogP contribution in [-0.4, -0.2) is 46.8 Å². The third-order valence-corrected chi connectivity index (χ3v) is 6.56. The van der Waals surface area contributed by atoms with Gasteiger partial charge in [-0.15, -0.1) is 0 Å². The van der Waals surface area contributed by atoms with Gasteiger partial charge in [0.05, 0.1) is 32.5 Å². The maximum absolute atomic E-state index is 13.3. The summed E-state index contributed by atoms with van der Waals surface area (Å²) in [5.74, 6) is 0.856. The molecule has 43 heavy (non-hydrogen) atoms. The van der Waals surface area contributed by atoms with Crippen molar-refractivity contribution in [1.82, 2.24) is 24.9 Å². The fraction of sp³-hybridized carbons (Fsp3) is 0.172. The summed E-state index contributed by atoms with van der Waals surface area (Å²) in [4.78, 5) is 20.8. The van der Waals surface area contributed by atoms with Gasteiger partial charge in [-0.3, -0.25) is 14.9 Å². The number of imidazole rings is 1. The molecule has 0 saturated heterocycles. The SMILES string of the molecule is COc1cc(-c2nc3c(C#N)c[nH]n3c2Nc2ccc(CNC(=O)c3cnccc3C(F)(F)F)cc2)cc(OC)c1OC. The lowest BCUT2D eigenvalue weighted by Gasteiger charge is -2.15. The minimum absolute atomic E-state index is 0.0128. The van der Waals surface area contributed by atoms with Gasteiger partial charge in [-0.05, 0) is 35.9 Å². The number of benzene rings is 2. The van der Waals surface area contributed by atoms with Crippen molar-refractivity contribution in [2.75, 3.05) is 26.6 Å². The number of hydrogen-bond donors (Lipinski definition) is 3. The Hall–Kier alpha value is -5.71. The van der Waals surface area contributed by atoms with Gasteiger partial charge in [-0.1, -0.05) is 12.1 Å². The van der Waals surface area contributed by atoms with E-state index in [9.17, 15) is 23.2 Å². The molecule has 0 aliphatic rings. The molecule has 0 spiro atoms. The van der Waals surface area contributed by atoms with Gasteiger partial charge in [0.15, 0.2) is 23.0 Å². The van der Waals surface area contributed by atoms with Gasteiger partial charge in [-0.2, -0.15) is 18.4 Å². The fourth-order valence-electron chi connectivity index (χ4n) is 4.48. The molecular weight excluding hydrogens is 567 g/mol. The zero-order chi connectivity index (χ0) is 30.7. The van der Waals surface area contributed by atoms with Gasteiger partial charge in [0, 0.05) is 36.4 Å². The molecule has 1 amide bonds. The van der Waals surface area contributed by atoms with Crippen molar-refractivity contribution in [3.8, 4) is 34.6 Å². The third-order valence-electron chi connectivity index (χ3n) is 6.56. The van der Waals surface area contributed by atoms with E-state index in [1.807, 2.05) is 0 Å². The van der Waals surface area contributed by atoms with Crippen LogP contribution < -0.4 is 24.8 Å². The highest BCUT2D eigenvalue weighted by molar-refractivity contribution is 5.95. The van der Waals surface area contributed by atoms with Gasteiger partial charge in [0.25, 0.3) is 5.91 Å². The lowest BCUT2D eigenvalue weighted by atomic mass is 10.1. The monoisotopic (exact) mass is 591 g/mol. The summed E-state index contributed by atoms with van der Waals surface area (Å²) in [6.45, 7) is -0.0128. The molecule has 3 heterocycles. The molecule has 0 bridgehead atoms. The summed E-state index contributed by atoms with van der Waals surface area (Å²) >= 11 is 0. The Kier molecular flexibility index (Phi) is 7.80. The summed E-state index contributed by atoms with van der Waals surface area (Å²) in [5, 5.41) is 18.4. The van der Waals surface area contributed by atoms with Crippen LogP contribution in [0.2, 0.25) is 0 Å². The highest BCUT2D eigenvalue weighted by Gasteiger charge is 2.35. The first kappa shape index (κ1) is 28.8. The zero-order valence-corrected chi connectivity index (χ0v) is 23.0. The summed E-state index contributed by atoms with van der Waals surface area (Å²) in [5.41, 5.74) is 1.48. The predicted molar refractivity (Wildman–Crippen MR) is 149 cm³/mol. The average molecular weight is 592 g/mol. The van der Waals surface area contributed by atoms with Gasteiger partial charge in [-0.25, -0.2) is 9.50 Å². The Morgan fingerprint density at radius 1 is 1.07 bits per heavy atom. The number of anilines is 2. The van der Waals surface area contributed by atoms with Crippen LogP contribution in [0.25, 0.3) is 16.9 Å². The van der Waals surface area contributed by atoms with E-state index in [1.165, 1.54) is 27.5 Å². The van der Waals surface area contributed by atoms with E-state index in [2.05, 4.69) is 26.8 Å². The maximum Gasteiger partial charge on any atom is 0.417 e. The molecule has 14 heteroatoms. The second kappa shape index (κ2) is 11.6. The van der Waals surface area contributed by atoms with Crippen molar-refractivity contribution in [2.24, 2.45) is 0 Å². The van der Waals surface area contributed by atoms with Crippen LogP contribution in [0.3, 0.4) is 0 Å². The van der Waals surface area contributed by atoms with Crippen LogP contribution in [0, 0.1) is 11.3 Å². The first-order valence-electron chi connectivity index (χ1n) is 12.6. The number of rotatable bonds is 9. The molecule has 3 N–H and O–H groups in total. The largest absolute Gasteiger partial charge is 0.493 e. The fourth-order valence-corrected chi connectivity index (χ4v) is 4.48. The third kappa shape index (κ3) is 5.60. The second-order valence-corrected chi connectivity index (χ2v) is 9.10. The smallest absolute Gasteiger partial charge is 0.417 e. The van der Waals surface area contributed by atoms with Crippen molar-refractivity contribution < 1.29 is 32.2 Å². The number of nitrogens with one attached hydrogen (secondary N) is 3. The summed E-state index contributed by atoms with van der Waals surface area (Å²) in [6.07, 6.45) is -1.27. The molecule has 3 aromatic heterocycles. The minimum Gasteiger partial charge on any atom is -0.493 e. The summed E-state index contributed by atoms with van der Waals surface area (Å²) in [7, 11) is 4.50. The first-order valence-corrected chi connectivity index (χ1v) is 12.6. The number of nitrogens with zero attached hydrogens (tertiary/aromatic N) is 4. The van der Waals surface area contributed by atoms with Gasteiger partial charge < -0.3 is 24.8 Å². The van der Waals surface area contributed by atoms with Crippen LogP contribution in [0.1, 0.15) is 27.0 Å². The van der Waals surface area contributed by atoms with Crippen molar-refractivity contribution >= 4 is 23.1 Å². The van der Waals surface area contributed by atoms with Crippen molar-refractivity contribution in [1.29, 1.82) is 5.26 Å². The molecule has 0 radical (unpaired) electrons. The normalized spacial score (nSPS) is 11.2. The molecule has 0 aliphatic heterocycles. The molecule has 0 atom stereocenters. The minimum atomic E-state index is -4.68. The van der Waals surface area contributed by atoms with E-state index >= 15 is 0 Å². The van der Waals surface area contributed by atoms with Crippen LogP contribution in [0.4, 0.5) is 24.7 Å². The van der Waals surface area contributed by atoms with Crippen LogP contribution in [-0.2, 0) is 12.7 Å². The molecule has 2 aromatic carbocycles. The number of pyridine rings is 1. The van der Waals surface area contributed by atoms with Crippen molar-refractivity contribution in [3.05, 3.63) is 83.3 Å². The molecule has 11 nitrogen and oxygen atoms in total. The number of aromatic amines is 1. The number of methoxy groups -OCH3 is 3. The van der Waals surface area contributed by atoms with E-state index in [0.29, 0.717) is 56.8 Å². The second-order valence-electron chi connectivity index (χ2n) is 9.10. The average Bonchev–Trinajstić information content (AvgIpc) is 3.59. The number of nitriles is 1. The number of carbonyl (C=O) groups excluding carboxylic acids is 1. The molecule has 220 valence electrons. The molecule has 0 fully saturated rings. The van der Waals surface area contributed by atoms with Crippen molar-refractivity contribution in [2.45, 2.75) is 12.7 Å². The number of carbonyl (C=O) groups is 1. The highest BCUT2D eigenvalue weighted by Crippen LogP contribution is 2.43. The molecule has 0 aliphatic carbocycles. The number of halogens is 3. The van der Waals surface area contributed by atoms with Gasteiger partial charge in [0.2, 0.25) is 5.75 Å². The molecular formula is C29H24F3N7O4. The van der Waals surface area contributed by atoms with Gasteiger partial charge >= 0.3 is 6.18 Å². The Bertz CT molecular complexity index is 1810. The number of aromatic nitrogens is 4. The molecule has 5 aromatic rings. The number of ether oxygens (including phenoxy) is 3. The highest BCUT2D eigenvalue weighted by atomic mass is 19.4. The number of hydrogen-bond acceptors (Lipinski definition) is 8. The van der Waals surface area contributed by atoms with E-state index < -0.39 is 23.2 Å². The van der Waals surface area contributed by atoms with Crippen molar-refractivity contribution in [3.63, 3.8) is 0 Å². The number of fused-ring (bicyclic) bond motifs is 1. The number of alkyl halides is 3. The van der Waals surface area contributed by atoms with Crippen LogP contribution in [0.5, 0.6) is 17.2 Å². The Labute approximate surface area is 242 Å². The maximum atomic E-state index is 13.3. The number of amides is 1. The van der Waals surface area contributed by atoms with Gasteiger partial charge in [0.1, 0.15) is 17.3 Å². The Morgan fingerprint density at radius 3 is 2.37 bits per heavy atom. The molecule has 0 unspecified atom stereocenters. The predicted octanol–water partition coefficient (Wildman–Crippen LogP) is 5.31. The first-order chi connectivity index (χ1) is 20.7. The van der Waals surface area contributed by atoms with Crippen LogP contribution in [0.15, 0.2) is 61.1 Å². The number of H-pyrrole nitrogens is 1.